The van der Waals surface area contributed by atoms with Gasteiger partial charge in [-0.1, -0.05) is 379 Å². The lowest BCUT2D eigenvalue weighted by molar-refractivity contribution is -0.870. The molecule has 0 radical (unpaired) electrons. The standard InChI is InChI=1S/C75H151N2O6P/c1-6-8-10-12-14-16-18-20-22-24-26-28-30-32-34-35-36-37-38-39-40-41-43-45-47-49-51-53-55-57-59-61-63-65-67-69-75(79)76-73(72-83-84(80,81)82-71-70-77(3,4)5)74(78)68-66-64-62-60-58-56-54-52-50-48-46-44-42-33-31-29-27-25-23-21-19-17-15-13-11-9-7-2/h24,26,73-74,78H,6-23,25,27-72H2,1-5H3,(H-,76,79,80,81)/p+1/b26-24-. The van der Waals surface area contributed by atoms with Crippen molar-refractivity contribution in [1.82, 2.24) is 5.32 Å². The molecule has 502 valence electrons. The van der Waals surface area contributed by atoms with E-state index < -0.39 is 20.0 Å². The number of nitrogens with one attached hydrogen (secondary N) is 1. The summed E-state index contributed by atoms with van der Waals surface area (Å²) in [6, 6.07) is -0.759. The Morgan fingerprint density at radius 1 is 0.393 bits per heavy atom. The Balaban J connectivity index is 3.92. The van der Waals surface area contributed by atoms with Crippen LogP contribution in [0.5, 0.6) is 0 Å². The van der Waals surface area contributed by atoms with E-state index >= 15 is 0 Å². The van der Waals surface area contributed by atoms with Crippen LogP contribution in [0.25, 0.3) is 0 Å². The van der Waals surface area contributed by atoms with Gasteiger partial charge in [0.2, 0.25) is 5.91 Å². The van der Waals surface area contributed by atoms with Gasteiger partial charge in [-0.2, -0.15) is 0 Å². The monoisotopic (exact) mass is 1210 g/mol. The Morgan fingerprint density at radius 3 is 0.917 bits per heavy atom. The van der Waals surface area contributed by atoms with Crippen molar-refractivity contribution in [2.75, 3.05) is 40.9 Å². The average Bonchev–Trinajstić information content (AvgIpc) is 3.56. The van der Waals surface area contributed by atoms with Gasteiger partial charge in [0.05, 0.1) is 39.9 Å². The summed E-state index contributed by atoms with van der Waals surface area (Å²) in [4.78, 5) is 23.5. The third-order valence-electron chi connectivity index (χ3n) is 18.0. The molecule has 0 aliphatic carbocycles. The van der Waals surface area contributed by atoms with Gasteiger partial charge in [0.1, 0.15) is 13.2 Å². The first kappa shape index (κ1) is 83.2. The summed E-state index contributed by atoms with van der Waals surface area (Å²) in [6.07, 6.45) is 86.3. The van der Waals surface area contributed by atoms with Gasteiger partial charge in [0.25, 0.3) is 0 Å². The van der Waals surface area contributed by atoms with Crippen molar-refractivity contribution in [2.45, 2.75) is 424 Å². The first-order valence-corrected chi connectivity index (χ1v) is 39.5. The van der Waals surface area contributed by atoms with Gasteiger partial charge in [0.15, 0.2) is 0 Å². The zero-order chi connectivity index (χ0) is 61.2. The minimum Gasteiger partial charge on any atom is -0.391 e. The molecular formula is C75H152N2O6P+. The summed E-state index contributed by atoms with van der Waals surface area (Å²) in [5, 5.41) is 14.2. The first-order chi connectivity index (χ1) is 41.0. The van der Waals surface area contributed by atoms with Crippen LogP contribution in [0.2, 0.25) is 0 Å². The highest BCUT2D eigenvalue weighted by Crippen LogP contribution is 2.43. The first-order valence-electron chi connectivity index (χ1n) is 38.1. The van der Waals surface area contributed by atoms with Crippen molar-refractivity contribution >= 4 is 13.7 Å². The molecule has 84 heavy (non-hydrogen) atoms. The van der Waals surface area contributed by atoms with E-state index in [1.54, 1.807) is 0 Å². The second-order valence-corrected chi connectivity index (χ2v) is 29.2. The van der Waals surface area contributed by atoms with Crippen LogP contribution in [-0.4, -0.2) is 73.4 Å². The fourth-order valence-electron chi connectivity index (χ4n) is 12.1. The molecule has 8 nitrogen and oxygen atoms in total. The molecule has 0 bridgehead atoms. The molecule has 0 fully saturated rings. The Hall–Kier alpha value is -0.760. The van der Waals surface area contributed by atoms with Gasteiger partial charge >= 0.3 is 7.82 Å². The van der Waals surface area contributed by atoms with Gasteiger partial charge in [-0.05, 0) is 38.5 Å². The van der Waals surface area contributed by atoms with E-state index in [1.165, 1.54) is 347 Å². The van der Waals surface area contributed by atoms with Gasteiger partial charge in [0, 0.05) is 6.42 Å². The molecule has 0 aromatic rings. The number of likely N-dealkylation sites (N-methyl/N-ethyl adjacent to an activating group) is 1. The molecule has 3 N–H and O–H groups in total. The van der Waals surface area contributed by atoms with Crippen molar-refractivity contribution in [3.8, 4) is 0 Å². The number of amides is 1. The molecule has 0 saturated heterocycles. The molecule has 9 heteroatoms. The second kappa shape index (κ2) is 66.7. The number of aliphatic hydroxyl groups excluding tert-OH is 1. The largest absolute Gasteiger partial charge is 0.472 e. The Kier molecular flexibility index (Phi) is 66.1. The van der Waals surface area contributed by atoms with Crippen LogP contribution in [0.4, 0.5) is 0 Å². The number of carbonyl (C=O) groups excluding carboxylic acids is 1. The third kappa shape index (κ3) is 68.7. The highest BCUT2D eigenvalue weighted by atomic mass is 31.2. The molecule has 1 amide bonds. The maximum atomic E-state index is 13.1. The van der Waals surface area contributed by atoms with Gasteiger partial charge in [-0.15, -0.1) is 0 Å². The summed E-state index contributed by atoms with van der Waals surface area (Å²) in [5.74, 6) is -0.133. The topological polar surface area (TPSA) is 105 Å². The summed E-state index contributed by atoms with van der Waals surface area (Å²) in [6.45, 7) is 4.96. The van der Waals surface area contributed by atoms with Crippen LogP contribution in [0, 0.1) is 0 Å². The fraction of sp³-hybridized carbons (Fsp3) is 0.960. The van der Waals surface area contributed by atoms with E-state index in [-0.39, 0.29) is 19.1 Å². The fourth-order valence-corrected chi connectivity index (χ4v) is 12.8. The normalized spacial score (nSPS) is 13.6. The summed E-state index contributed by atoms with van der Waals surface area (Å²) < 4.78 is 23.9. The van der Waals surface area contributed by atoms with E-state index in [2.05, 4.69) is 31.3 Å². The van der Waals surface area contributed by atoms with Gasteiger partial charge < -0.3 is 19.8 Å². The van der Waals surface area contributed by atoms with Crippen LogP contribution < -0.4 is 5.32 Å². The molecule has 0 aromatic carbocycles. The Bertz CT molecular complexity index is 1370. The predicted molar refractivity (Wildman–Crippen MR) is 369 cm³/mol. The molecule has 0 aliphatic heterocycles. The minimum atomic E-state index is -4.33. The molecule has 0 aromatic heterocycles. The van der Waals surface area contributed by atoms with E-state index in [0.717, 1.165) is 38.5 Å². The SMILES string of the molecule is CCCCCCCCCC/C=C\CCCCCCCCCCCCCCCCCCCCCCCCCC(=O)NC(COP(=O)(O)OCC[N+](C)(C)C)C(O)CCCCCCCCCCCCCCCCCCCCCCCCCCCCC. The number of nitrogens with zero attached hydrogens (tertiary/aromatic N) is 1. The van der Waals surface area contributed by atoms with E-state index in [4.69, 9.17) is 9.05 Å². The molecule has 0 saturated carbocycles. The van der Waals surface area contributed by atoms with Crippen molar-refractivity contribution in [2.24, 2.45) is 0 Å². The predicted octanol–water partition coefficient (Wildman–Crippen LogP) is 24.5. The number of phosphoric acid groups is 1. The third-order valence-corrected chi connectivity index (χ3v) is 19.0. The maximum Gasteiger partial charge on any atom is 0.472 e. The second-order valence-electron chi connectivity index (χ2n) is 27.7. The van der Waals surface area contributed by atoms with Crippen molar-refractivity contribution in [3.63, 3.8) is 0 Å². The summed E-state index contributed by atoms with van der Waals surface area (Å²) in [7, 11) is 1.64. The molecule has 0 heterocycles. The molecular weight excluding hydrogens is 1060 g/mol. The highest BCUT2D eigenvalue weighted by molar-refractivity contribution is 7.47. The van der Waals surface area contributed by atoms with Crippen LogP contribution in [0.3, 0.4) is 0 Å². The molecule has 3 atom stereocenters. The van der Waals surface area contributed by atoms with Crippen LogP contribution in [-0.2, 0) is 18.4 Å². The number of allylic oxidation sites excluding steroid dienone is 2. The van der Waals surface area contributed by atoms with Crippen molar-refractivity contribution in [3.05, 3.63) is 12.2 Å². The van der Waals surface area contributed by atoms with E-state index in [9.17, 15) is 19.4 Å². The number of rotatable bonds is 72. The summed E-state index contributed by atoms with van der Waals surface area (Å²) >= 11 is 0. The Morgan fingerprint density at radius 2 is 0.643 bits per heavy atom. The molecule has 0 spiro atoms. The van der Waals surface area contributed by atoms with Crippen LogP contribution in [0.1, 0.15) is 412 Å². The average molecular weight is 1210 g/mol. The molecule has 0 rings (SSSR count). The zero-order valence-corrected chi connectivity index (χ0v) is 58.6. The van der Waals surface area contributed by atoms with E-state index in [0.29, 0.717) is 23.9 Å². The van der Waals surface area contributed by atoms with E-state index in [1.807, 2.05) is 21.1 Å². The maximum absolute atomic E-state index is 13.1. The lowest BCUT2D eigenvalue weighted by Crippen LogP contribution is -2.46. The summed E-state index contributed by atoms with van der Waals surface area (Å²) in [5.41, 5.74) is 0. The lowest BCUT2D eigenvalue weighted by Gasteiger charge is -2.26. The van der Waals surface area contributed by atoms with Crippen LogP contribution >= 0.6 is 7.82 Å². The minimum absolute atomic E-state index is 0.0787. The number of hydrogen-bond acceptors (Lipinski definition) is 5. The van der Waals surface area contributed by atoms with Crippen LogP contribution in [0.15, 0.2) is 12.2 Å². The number of aliphatic hydroxyl groups is 1. The number of hydrogen-bond donors (Lipinski definition) is 3. The number of phosphoric ester groups is 1. The molecule has 3 unspecified atom stereocenters. The molecule has 0 aliphatic rings. The number of unbranched alkanes of at least 4 members (excludes halogenated alkanes) is 57. The lowest BCUT2D eigenvalue weighted by atomic mass is 10.0. The number of quaternary nitrogens is 1. The van der Waals surface area contributed by atoms with Gasteiger partial charge in [-0.3, -0.25) is 13.8 Å². The van der Waals surface area contributed by atoms with Gasteiger partial charge in [-0.25, -0.2) is 4.57 Å². The smallest absolute Gasteiger partial charge is 0.391 e. The quantitative estimate of drug-likeness (QED) is 0.0243. The highest BCUT2D eigenvalue weighted by Gasteiger charge is 2.28. The van der Waals surface area contributed by atoms with Crippen molar-refractivity contribution in [1.29, 1.82) is 0 Å². The Labute approximate surface area is 526 Å². The number of carbonyl (C=O) groups is 1. The van der Waals surface area contributed by atoms with Crippen molar-refractivity contribution < 1.29 is 32.9 Å². The zero-order valence-electron chi connectivity index (χ0n) is 57.7.